The number of ether oxygens (including phenoxy) is 2. The number of fused-ring (bicyclic) bond motifs is 1. The Morgan fingerprint density at radius 3 is 2.27 bits per heavy atom. The summed E-state index contributed by atoms with van der Waals surface area (Å²) < 4.78 is 10.8. The zero-order valence-electron chi connectivity index (χ0n) is 18.6. The van der Waals surface area contributed by atoms with Crippen molar-refractivity contribution in [2.75, 3.05) is 24.1 Å². The van der Waals surface area contributed by atoms with Crippen LogP contribution in [0.25, 0.3) is 0 Å². The van der Waals surface area contributed by atoms with E-state index < -0.39 is 16.9 Å². The third kappa shape index (κ3) is 4.59. The van der Waals surface area contributed by atoms with Gasteiger partial charge < -0.3 is 19.7 Å². The summed E-state index contributed by atoms with van der Waals surface area (Å²) in [5, 5.41) is 14.8. The summed E-state index contributed by atoms with van der Waals surface area (Å²) in [6.07, 6.45) is 0. The first-order valence-corrected chi connectivity index (χ1v) is 10.6. The fourth-order valence-corrected chi connectivity index (χ4v) is 3.82. The number of hydrogen-bond acceptors (Lipinski definition) is 6. The number of likely N-dealkylation sites (N-methyl/N-ethyl adjacent to an activating group) is 1. The molecule has 0 radical (unpaired) electrons. The molecule has 3 aromatic rings. The van der Waals surface area contributed by atoms with E-state index in [1.165, 1.54) is 12.1 Å². The van der Waals surface area contributed by atoms with Crippen LogP contribution in [0.3, 0.4) is 0 Å². The van der Waals surface area contributed by atoms with Crippen molar-refractivity contribution in [3.8, 4) is 11.5 Å². The highest BCUT2D eigenvalue weighted by Gasteiger charge is 2.35. The number of nitro benzene ring substituents is 1. The van der Waals surface area contributed by atoms with Gasteiger partial charge in [0.2, 0.25) is 6.79 Å². The van der Waals surface area contributed by atoms with Gasteiger partial charge in [0.05, 0.1) is 16.6 Å². The highest BCUT2D eigenvalue weighted by molar-refractivity contribution is 5.98. The Hall–Kier alpha value is -4.07. The minimum atomic E-state index is -0.993. The predicted molar refractivity (Wildman–Crippen MR) is 126 cm³/mol. The lowest BCUT2D eigenvalue weighted by atomic mass is 10.00. The third-order valence-electron chi connectivity index (χ3n) is 5.66. The van der Waals surface area contributed by atoms with Crippen molar-refractivity contribution in [1.29, 1.82) is 0 Å². The van der Waals surface area contributed by atoms with Crippen LogP contribution in [0.4, 0.5) is 17.1 Å². The molecule has 33 heavy (non-hydrogen) atoms. The van der Waals surface area contributed by atoms with Gasteiger partial charge in [-0.2, -0.15) is 0 Å². The summed E-state index contributed by atoms with van der Waals surface area (Å²) in [4.78, 5) is 26.7. The Balaban J connectivity index is 1.76. The Morgan fingerprint density at radius 2 is 1.67 bits per heavy atom. The maximum absolute atomic E-state index is 13.6. The highest BCUT2D eigenvalue weighted by atomic mass is 16.7. The number of hydrogen-bond donors (Lipinski definition) is 1. The summed E-state index contributed by atoms with van der Waals surface area (Å²) in [5.74, 6) is 0.621. The van der Waals surface area contributed by atoms with E-state index in [1.54, 1.807) is 11.9 Å². The van der Waals surface area contributed by atoms with Crippen LogP contribution >= 0.6 is 0 Å². The lowest BCUT2D eigenvalue weighted by Crippen LogP contribution is -2.35. The van der Waals surface area contributed by atoms with E-state index >= 15 is 0 Å². The van der Waals surface area contributed by atoms with Gasteiger partial charge in [-0.1, -0.05) is 44.2 Å². The van der Waals surface area contributed by atoms with Crippen LogP contribution < -0.4 is 19.7 Å². The van der Waals surface area contributed by atoms with Crippen LogP contribution in [0.2, 0.25) is 0 Å². The summed E-state index contributed by atoms with van der Waals surface area (Å²) in [5.41, 5.74) is 2.50. The molecule has 1 N–H and O–H groups in total. The van der Waals surface area contributed by atoms with Gasteiger partial charge >= 0.3 is 0 Å². The van der Waals surface area contributed by atoms with Crippen molar-refractivity contribution in [2.45, 2.75) is 25.8 Å². The fraction of sp³-hybridized carbons (Fsp3) is 0.240. The number of amides is 1. The Bertz CT molecular complexity index is 1160. The second-order valence-corrected chi connectivity index (χ2v) is 8.14. The van der Waals surface area contributed by atoms with Gasteiger partial charge in [-0.25, -0.2) is 0 Å². The van der Waals surface area contributed by atoms with Gasteiger partial charge in [0.25, 0.3) is 11.6 Å². The van der Waals surface area contributed by atoms with E-state index in [9.17, 15) is 14.9 Å². The first-order chi connectivity index (χ1) is 15.8. The first-order valence-electron chi connectivity index (χ1n) is 10.6. The predicted octanol–water partition coefficient (Wildman–Crippen LogP) is 5.26. The van der Waals surface area contributed by atoms with Crippen LogP contribution in [0.15, 0.2) is 66.7 Å². The molecule has 0 fully saturated rings. The van der Waals surface area contributed by atoms with E-state index in [4.69, 9.17) is 9.47 Å². The minimum absolute atomic E-state index is 0.0243. The number of anilines is 2. The molecule has 0 spiro atoms. The number of benzene rings is 3. The highest BCUT2D eigenvalue weighted by Crippen LogP contribution is 2.42. The average molecular weight is 447 g/mol. The molecule has 1 unspecified atom stereocenters. The molecular weight excluding hydrogens is 422 g/mol. The molecule has 8 heteroatoms. The number of nitrogens with one attached hydrogen (secondary N) is 1. The normalized spacial score (nSPS) is 13.0. The summed E-state index contributed by atoms with van der Waals surface area (Å²) in [7, 11) is 1.73. The molecule has 1 amide bonds. The lowest BCUT2D eigenvalue weighted by Gasteiger charge is -2.29. The quantitative estimate of drug-likeness (QED) is 0.392. The van der Waals surface area contributed by atoms with Crippen molar-refractivity contribution in [3.05, 3.63) is 88.0 Å². The molecule has 0 bridgehead atoms. The minimum Gasteiger partial charge on any atom is -0.454 e. The van der Waals surface area contributed by atoms with Crippen molar-refractivity contribution in [2.24, 2.45) is 0 Å². The maximum Gasteiger partial charge on any atom is 0.279 e. The zero-order chi connectivity index (χ0) is 23.5. The van der Waals surface area contributed by atoms with Crippen LogP contribution in [-0.4, -0.2) is 24.7 Å². The van der Waals surface area contributed by atoms with Gasteiger partial charge in [-0.15, -0.1) is 0 Å². The van der Waals surface area contributed by atoms with Crippen molar-refractivity contribution < 1.29 is 19.2 Å². The van der Waals surface area contributed by atoms with E-state index in [0.29, 0.717) is 17.4 Å². The van der Waals surface area contributed by atoms with E-state index in [-0.39, 0.29) is 23.8 Å². The Labute approximate surface area is 191 Å². The van der Waals surface area contributed by atoms with Gasteiger partial charge in [0, 0.05) is 18.4 Å². The second kappa shape index (κ2) is 9.20. The zero-order valence-corrected chi connectivity index (χ0v) is 18.6. The molecule has 0 aliphatic carbocycles. The van der Waals surface area contributed by atoms with Crippen molar-refractivity contribution in [3.63, 3.8) is 0 Å². The molecule has 1 heterocycles. The third-order valence-corrected chi connectivity index (χ3v) is 5.66. The van der Waals surface area contributed by atoms with E-state index in [2.05, 4.69) is 19.2 Å². The smallest absolute Gasteiger partial charge is 0.279 e. The molecule has 1 aliphatic rings. The molecule has 170 valence electrons. The van der Waals surface area contributed by atoms with Crippen molar-refractivity contribution in [1.82, 2.24) is 0 Å². The molecule has 1 aliphatic heterocycles. The number of nitrogens with zero attached hydrogens (tertiary/aromatic N) is 2. The van der Waals surface area contributed by atoms with Crippen molar-refractivity contribution >= 4 is 23.0 Å². The first kappa shape index (κ1) is 22.1. The molecule has 1 atom stereocenters. The van der Waals surface area contributed by atoms with Crippen LogP contribution in [0, 0.1) is 10.1 Å². The topological polar surface area (TPSA) is 93.9 Å². The van der Waals surface area contributed by atoms with E-state index in [1.807, 2.05) is 54.6 Å². The summed E-state index contributed by atoms with van der Waals surface area (Å²) in [6.45, 7) is 4.16. The summed E-state index contributed by atoms with van der Waals surface area (Å²) in [6, 6.07) is 18.7. The number of nitro groups is 1. The summed E-state index contributed by atoms with van der Waals surface area (Å²) >= 11 is 0. The van der Waals surface area contributed by atoms with Gasteiger partial charge in [0.15, 0.2) is 11.5 Å². The Kier molecular flexibility index (Phi) is 6.17. The standard InChI is InChI=1S/C25H25N3O5/c1-16(2)17-9-11-18(12-10-17)26-25(29)24(27(3)19-7-5-4-6-8-19)20-13-22-23(33-15-32-22)14-21(20)28(30)31/h4-14,16,24H,15H2,1-3H3,(H,26,29). The SMILES string of the molecule is CC(C)c1ccc(NC(=O)C(c2cc3c(cc2[N+](=O)[O-])OCO3)N(C)c2ccccc2)cc1. The van der Waals surface area contributed by atoms with Gasteiger partial charge in [0.1, 0.15) is 6.04 Å². The molecule has 0 aromatic heterocycles. The van der Waals surface area contributed by atoms with Gasteiger partial charge in [-0.05, 0) is 41.8 Å². The lowest BCUT2D eigenvalue weighted by molar-refractivity contribution is -0.385. The molecule has 0 saturated heterocycles. The second-order valence-electron chi connectivity index (χ2n) is 8.14. The molecular formula is C25H25N3O5. The fourth-order valence-electron chi connectivity index (χ4n) is 3.82. The Morgan fingerprint density at radius 1 is 1.03 bits per heavy atom. The monoisotopic (exact) mass is 447 g/mol. The molecule has 3 aromatic carbocycles. The number of carbonyl (C=O) groups is 1. The molecule has 4 rings (SSSR count). The number of para-hydroxylation sites is 1. The van der Waals surface area contributed by atoms with Crippen LogP contribution in [0.5, 0.6) is 11.5 Å². The largest absolute Gasteiger partial charge is 0.454 e. The van der Waals surface area contributed by atoms with Gasteiger partial charge in [-0.3, -0.25) is 14.9 Å². The average Bonchev–Trinajstić information content (AvgIpc) is 3.27. The number of carbonyl (C=O) groups excluding carboxylic acids is 1. The van der Waals surface area contributed by atoms with E-state index in [0.717, 1.165) is 11.3 Å². The molecule has 8 nitrogen and oxygen atoms in total. The van der Waals surface area contributed by atoms with Crippen LogP contribution in [-0.2, 0) is 4.79 Å². The number of rotatable bonds is 7. The van der Waals surface area contributed by atoms with Crippen LogP contribution in [0.1, 0.15) is 36.9 Å². The molecule has 0 saturated carbocycles. The maximum atomic E-state index is 13.6.